The van der Waals surface area contributed by atoms with E-state index >= 15 is 0 Å². The molecule has 1 aromatic carbocycles. The number of aliphatic carboxylic acids is 1. The molecule has 0 unspecified atom stereocenters. The fraction of sp³-hybridized carbons (Fsp3) is 0.385. The predicted molar refractivity (Wildman–Crippen MR) is 66.8 cm³/mol. The molecular weight excluding hydrogens is 253 g/mol. The molecule has 0 fully saturated rings. The van der Waals surface area contributed by atoms with Crippen LogP contribution in [0.2, 0.25) is 0 Å². The largest absolute Gasteiger partial charge is 0.490 e. The number of carbonyl (C=O) groups is 2. The van der Waals surface area contributed by atoms with E-state index in [1.54, 1.807) is 6.92 Å². The summed E-state index contributed by atoms with van der Waals surface area (Å²) < 4.78 is 18.7. The number of hydrogen-bond donors (Lipinski definition) is 1. The molecule has 1 aromatic rings. The monoisotopic (exact) mass is 269 g/mol. The molecule has 104 valence electrons. The van der Waals surface area contributed by atoms with E-state index in [0.717, 1.165) is 0 Å². The summed E-state index contributed by atoms with van der Waals surface area (Å²) in [4.78, 5) is 23.8. The molecule has 0 bridgehead atoms. The Morgan fingerprint density at radius 2 is 2.11 bits per heavy atom. The zero-order chi connectivity index (χ0) is 14.4. The lowest BCUT2D eigenvalue weighted by Crippen LogP contribution is -2.29. The van der Waals surface area contributed by atoms with Crippen molar-refractivity contribution < 1.29 is 23.8 Å². The van der Waals surface area contributed by atoms with Crippen LogP contribution in [0.25, 0.3) is 0 Å². The molecule has 0 spiro atoms. The third kappa shape index (κ3) is 3.94. The summed E-state index contributed by atoms with van der Waals surface area (Å²) in [7, 11) is 1.46. The Kier molecular flexibility index (Phi) is 5.29. The number of para-hydroxylation sites is 1. The Hall–Kier alpha value is -2.11. The minimum absolute atomic E-state index is 0.0518. The van der Waals surface area contributed by atoms with Crippen molar-refractivity contribution in [1.29, 1.82) is 0 Å². The van der Waals surface area contributed by atoms with Gasteiger partial charge in [-0.2, -0.15) is 0 Å². The van der Waals surface area contributed by atoms with E-state index in [4.69, 9.17) is 9.84 Å². The van der Waals surface area contributed by atoms with Crippen LogP contribution in [0.3, 0.4) is 0 Å². The Morgan fingerprint density at radius 3 is 2.68 bits per heavy atom. The van der Waals surface area contributed by atoms with E-state index in [2.05, 4.69) is 0 Å². The van der Waals surface area contributed by atoms with E-state index in [1.807, 2.05) is 0 Å². The van der Waals surface area contributed by atoms with Crippen LogP contribution in [-0.2, 0) is 4.79 Å². The summed E-state index contributed by atoms with van der Waals surface area (Å²) >= 11 is 0. The first-order chi connectivity index (χ1) is 8.97. The molecule has 0 aliphatic rings. The van der Waals surface area contributed by atoms with Gasteiger partial charge in [-0.3, -0.25) is 9.59 Å². The molecule has 19 heavy (non-hydrogen) atoms. The summed E-state index contributed by atoms with van der Waals surface area (Å²) in [6, 6.07) is 4.07. The summed E-state index contributed by atoms with van der Waals surface area (Å²) in [5, 5.41) is 8.57. The second-order valence-electron chi connectivity index (χ2n) is 3.92. The van der Waals surface area contributed by atoms with Gasteiger partial charge in [-0.05, 0) is 19.1 Å². The van der Waals surface area contributed by atoms with Gasteiger partial charge in [0.15, 0.2) is 11.6 Å². The highest BCUT2D eigenvalue weighted by Crippen LogP contribution is 2.23. The van der Waals surface area contributed by atoms with Crippen LogP contribution in [-0.4, -0.2) is 42.1 Å². The number of carboxylic acid groups (broad SMARTS) is 1. The lowest BCUT2D eigenvalue weighted by Gasteiger charge is -2.18. The topological polar surface area (TPSA) is 66.8 Å². The van der Waals surface area contributed by atoms with Gasteiger partial charge < -0.3 is 14.7 Å². The zero-order valence-corrected chi connectivity index (χ0v) is 10.9. The van der Waals surface area contributed by atoms with Crippen molar-refractivity contribution in [2.75, 3.05) is 20.2 Å². The van der Waals surface area contributed by atoms with Crippen LogP contribution in [0.15, 0.2) is 18.2 Å². The number of rotatable bonds is 6. The van der Waals surface area contributed by atoms with Gasteiger partial charge in [0.25, 0.3) is 5.91 Å². The van der Waals surface area contributed by atoms with Gasteiger partial charge in [-0.1, -0.05) is 6.07 Å². The SMILES string of the molecule is CCOc1c(F)cccc1C(=O)N(C)CCC(=O)O. The summed E-state index contributed by atoms with van der Waals surface area (Å²) in [5.41, 5.74) is 0.0924. The molecule has 1 amide bonds. The number of hydrogen-bond acceptors (Lipinski definition) is 3. The van der Waals surface area contributed by atoms with Crippen LogP contribution < -0.4 is 4.74 Å². The van der Waals surface area contributed by atoms with Crippen molar-refractivity contribution in [3.8, 4) is 5.75 Å². The molecule has 1 rings (SSSR count). The highest BCUT2D eigenvalue weighted by Gasteiger charge is 2.19. The van der Waals surface area contributed by atoms with Crippen molar-refractivity contribution in [1.82, 2.24) is 4.90 Å². The van der Waals surface area contributed by atoms with Crippen LogP contribution in [0.5, 0.6) is 5.75 Å². The summed E-state index contributed by atoms with van der Waals surface area (Å²) in [5.74, 6) is -2.18. The van der Waals surface area contributed by atoms with E-state index < -0.39 is 17.7 Å². The number of benzene rings is 1. The maximum atomic E-state index is 13.6. The third-order valence-electron chi connectivity index (χ3n) is 2.49. The van der Waals surface area contributed by atoms with Crippen molar-refractivity contribution in [3.63, 3.8) is 0 Å². The minimum Gasteiger partial charge on any atom is -0.490 e. The number of halogens is 1. The lowest BCUT2D eigenvalue weighted by molar-refractivity contribution is -0.137. The van der Waals surface area contributed by atoms with E-state index in [1.165, 1.54) is 30.1 Å². The minimum atomic E-state index is -0.996. The standard InChI is InChI=1S/C13H16FNO4/c1-3-19-12-9(5-4-6-10(12)14)13(18)15(2)8-7-11(16)17/h4-6H,3,7-8H2,1-2H3,(H,16,17). The van der Waals surface area contributed by atoms with Crippen LogP contribution in [0.1, 0.15) is 23.7 Å². The molecule has 0 aliphatic heterocycles. The maximum Gasteiger partial charge on any atom is 0.305 e. The molecule has 0 atom stereocenters. The van der Waals surface area contributed by atoms with Gasteiger partial charge in [0, 0.05) is 13.6 Å². The molecule has 6 heteroatoms. The number of nitrogens with zero attached hydrogens (tertiary/aromatic N) is 1. The Labute approximate surface area is 110 Å². The first-order valence-electron chi connectivity index (χ1n) is 5.86. The average Bonchev–Trinajstić information content (AvgIpc) is 2.37. The van der Waals surface area contributed by atoms with Crippen LogP contribution >= 0.6 is 0 Å². The van der Waals surface area contributed by atoms with E-state index in [-0.39, 0.29) is 30.9 Å². The van der Waals surface area contributed by atoms with E-state index in [0.29, 0.717) is 0 Å². The van der Waals surface area contributed by atoms with Crippen LogP contribution in [0.4, 0.5) is 4.39 Å². The second kappa shape index (κ2) is 6.72. The molecule has 0 radical (unpaired) electrons. The maximum absolute atomic E-state index is 13.6. The van der Waals surface area contributed by atoms with Crippen molar-refractivity contribution in [2.24, 2.45) is 0 Å². The number of carboxylic acids is 1. The Morgan fingerprint density at radius 1 is 1.42 bits per heavy atom. The molecule has 5 nitrogen and oxygen atoms in total. The number of ether oxygens (including phenoxy) is 1. The van der Waals surface area contributed by atoms with E-state index in [9.17, 15) is 14.0 Å². The van der Waals surface area contributed by atoms with Gasteiger partial charge in [-0.15, -0.1) is 0 Å². The molecule has 0 aromatic heterocycles. The quantitative estimate of drug-likeness (QED) is 0.854. The van der Waals surface area contributed by atoms with Gasteiger partial charge in [0.2, 0.25) is 0 Å². The smallest absolute Gasteiger partial charge is 0.305 e. The average molecular weight is 269 g/mol. The van der Waals surface area contributed by atoms with Gasteiger partial charge >= 0.3 is 5.97 Å². The Bertz CT molecular complexity index is 476. The predicted octanol–water partition coefficient (Wildman–Crippen LogP) is 1.77. The van der Waals surface area contributed by atoms with Gasteiger partial charge in [0.05, 0.1) is 18.6 Å². The zero-order valence-electron chi connectivity index (χ0n) is 10.9. The number of carbonyl (C=O) groups excluding carboxylic acids is 1. The summed E-state index contributed by atoms with van der Waals surface area (Å²) in [6.07, 6.45) is -0.165. The Balaban J connectivity index is 2.92. The second-order valence-corrected chi connectivity index (χ2v) is 3.92. The third-order valence-corrected chi connectivity index (χ3v) is 2.49. The molecule has 0 saturated carbocycles. The molecule has 0 heterocycles. The molecule has 0 saturated heterocycles. The normalized spacial score (nSPS) is 10.1. The first-order valence-corrected chi connectivity index (χ1v) is 5.86. The highest BCUT2D eigenvalue weighted by atomic mass is 19.1. The molecule has 0 aliphatic carbocycles. The fourth-order valence-electron chi connectivity index (χ4n) is 1.54. The van der Waals surface area contributed by atoms with Crippen molar-refractivity contribution in [2.45, 2.75) is 13.3 Å². The summed E-state index contributed by atoms with van der Waals surface area (Å²) in [6.45, 7) is 1.98. The van der Waals surface area contributed by atoms with Crippen molar-refractivity contribution >= 4 is 11.9 Å². The molecular formula is C13H16FNO4. The van der Waals surface area contributed by atoms with Crippen molar-refractivity contribution in [3.05, 3.63) is 29.6 Å². The molecule has 1 N–H and O–H groups in total. The highest BCUT2D eigenvalue weighted by molar-refractivity contribution is 5.97. The first kappa shape index (κ1) is 14.9. The lowest BCUT2D eigenvalue weighted by atomic mass is 10.1. The number of amides is 1. The fourth-order valence-corrected chi connectivity index (χ4v) is 1.54. The van der Waals surface area contributed by atoms with Crippen LogP contribution in [0, 0.1) is 5.82 Å². The van der Waals surface area contributed by atoms with Gasteiger partial charge in [0.1, 0.15) is 0 Å². The van der Waals surface area contributed by atoms with Gasteiger partial charge in [-0.25, -0.2) is 4.39 Å².